The molecule has 2 aromatic rings. The molecule has 2 fully saturated rings. The molecule has 1 saturated heterocycles. The second-order valence-electron chi connectivity index (χ2n) is 6.47. The largest absolute Gasteiger partial charge is 0.405 e. The molecule has 2 aliphatic rings. The highest BCUT2D eigenvalue weighted by Crippen LogP contribution is 2.29. The number of amides is 3. The summed E-state index contributed by atoms with van der Waals surface area (Å²) in [6.45, 7) is -0.687. The van der Waals surface area contributed by atoms with Gasteiger partial charge in [0, 0.05) is 12.1 Å². The monoisotopic (exact) mass is 396 g/mol. The Morgan fingerprint density at radius 1 is 1.21 bits per heavy atom. The van der Waals surface area contributed by atoms with Crippen molar-refractivity contribution in [2.24, 2.45) is 5.92 Å². The van der Waals surface area contributed by atoms with Crippen molar-refractivity contribution < 1.29 is 22.8 Å². The Morgan fingerprint density at radius 2 is 2.00 bits per heavy atom. The Morgan fingerprint density at radius 3 is 2.64 bits per heavy atom. The predicted molar refractivity (Wildman–Crippen MR) is 91.2 cm³/mol. The third kappa shape index (κ3) is 3.97. The normalized spacial score (nSPS) is 18.5. The van der Waals surface area contributed by atoms with Crippen LogP contribution in [0, 0.1) is 5.92 Å². The van der Waals surface area contributed by atoms with E-state index < -0.39 is 24.7 Å². The molecular weight excluding hydrogens is 381 g/mol. The van der Waals surface area contributed by atoms with Crippen molar-refractivity contribution in [1.29, 1.82) is 0 Å². The lowest BCUT2D eigenvalue weighted by atomic mass is 10.2. The van der Waals surface area contributed by atoms with E-state index in [2.05, 4.69) is 36.3 Å². The molecule has 28 heavy (non-hydrogen) atoms. The van der Waals surface area contributed by atoms with E-state index in [0.717, 1.165) is 17.4 Å². The number of urea groups is 1. The highest BCUT2D eigenvalue weighted by Gasteiger charge is 2.28. The van der Waals surface area contributed by atoms with Crippen LogP contribution in [0.25, 0.3) is 11.7 Å². The summed E-state index contributed by atoms with van der Waals surface area (Å²) in [6, 6.07) is -0.665. The van der Waals surface area contributed by atoms with Crippen LogP contribution < -0.4 is 21.3 Å². The van der Waals surface area contributed by atoms with Gasteiger partial charge in [-0.25, -0.2) is 4.79 Å². The van der Waals surface area contributed by atoms with Gasteiger partial charge in [-0.05, 0) is 24.8 Å². The smallest absolute Gasteiger partial charge is 0.354 e. The van der Waals surface area contributed by atoms with Gasteiger partial charge in [-0.1, -0.05) is 0 Å². The Kier molecular flexibility index (Phi) is 4.28. The summed E-state index contributed by atoms with van der Waals surface area (Å²) in [7, 11) is 0. The molecule has 13 heteroatoms. The average molecular weight is 396 g/mol. The Balaban J connectivity index is 1.70. The van der Waals surface area contributed by atoms with Crippen LogP contribution in [0.5, 0.6) is 0 Å². The average Bonchev–Trinajstić information content (AvgIpc) is 3.28. The van der Waals surface area contributed by atoms with E-state index >= 15 is 0 Å². The number of imide groups is 1. The van der Waals surface area contributed by atoms with Crippen LogP contribution in [0.15, 0.2) is 11.9 Å². The van der Waals surface area contributed by atoms with Gasteiger partial charge in [0.15, 0.2) is 5.65 Å². The number of alkyl halides is 3. The van der Waals surface area contributed by atoms with Crippen molar-refractivity contribution in [3.8, 4) is 0 Å². The molecule has 0 spiro atoms. The van der Waals surface area contributed by atoms with E-state index in [-0.39, 0.29) is 23.2 Å². The predicted octanol–water partition coefficient (Wildman–Crippen LogP) is 1.10. The van der Waals surface area contributed by atoms with Gasteiger partial charge in [-0.2, -0.15) is 32.8 Å². The first-order valence-corrected chi connectivity index (χ1v) is 8.43. The minimum atomic E-state index is -4.44. The van der Waals surface area contributed by atoms with Gasteiger partial charge in [-0.3, -0.25) is 10.1 Å². The fourth-order valence-corrected chi connectivity index (χ4v) is 2.56. The van der Waals surface area contributed by atoms with E-state index in [1.54, 1.807) is 0 Å². The van der Waals surface area contributed by atoms with Gasteiger partial charge in [0.05, 0.1) is 6.20 Å². The summed E-state index contributed by atoms with van der Waals surface area (Å²) < 4.78 is 38.9. The number of hydrogen-bond acceptors (Lipinski definition) is 7. The first kappa shape index (κ1) is 18.0. The second-order valence-corrected chi connectivity index (χ2v) is 6.47. The van der Waals surface area contributed by atoms with Crippen LogP contribution >= 0.6 is 0 Å². The molecule has 1 saturated carbocycles. The van der Waals surface area contributed by atoms with Crippen LogP contribution in [0.4, 0.5) is 29.9 Å². The fourth-order valence-electron chi connectivity index (χ4n) is 2.56. The van der Waals surface area contributed by atoms with Crippen molar-refractivity contribution in [3.05, 3.63) is 17.5 Å². The molecule has 0 unspecified atom stereocenters. The molecule has 1 aliphatic carbocycles. The third-order valence-electron chi connectivity index (χ3n) is 4.11. The lowest BCUT2D eigenvalue weighted by molar-refractivity contribution is -0.116. The number of rotatable bonds is 6. The van der Waals surface area contributed by atoms with Crippen LogP contribution in [-0.4, -0.2) is 50.8 Å². The molecule has 148 valence electrons. The standard InChI is InChI=1S/C15H15F3N8O2/c16-15(17,18)6-20-13-25-12(19-4-7-1-2-7)23-10-8(5-21-26(10)13)3-9-11(27)24-14(28)22-9/h3,5,7H,1-2,4,6H2,(H2,19,20,23,25)(H2,22,24,27,28)/b9-3-. The van der Waals surface area contributed by atoms with Crippen LogP contribution in [-0.2, 0) is 4.79 Å². The number of carbonyl (C=O) groups is 2. The SMILES string of the molecule is O=C1NC(=O)/C(=C/c2cnn3c(NCC(F)(F)F)nc(NCC4CC4)nc23)N1. The number of nitrogens with zero attached hydrogens (tertiary/aromatic N) is 4. The zero-order valence-corrected chi connectivity index (χ0v) is 14.3. The van der Waals surface area contributed by atoms with Gasteiger partial charge in [0.2, 0.25) is 11.9 Å². The van der Waals surface area contributed by atoms with Crippen molar-refractivity contribution in [2.45, 2.75) is 19.0 Å². The lowest BCUT2D eigenvalue weighted by Gasteiger charge is -2.12. The maximum absolute atomic E-state index is 12.6. The molecule has 4 N–H and O–H groups in total. The van der Waals surface area contributed by atoms with Crippen molar-refractivity contribution in [1.82, 2.24) is 30.2 Å². The maximum Gasteiger partial charge on any atom is 0.405 e. The molecule has 0 aromatic carbocycles. The summed E-state index contributed by atoms with van der Waals surface area (Å²) in [5.41, 5.74) is 0.495. The minimum Gasteiger partial charge on any atom is -0.354 e. The molecule has 0 bridgehead atoms. The van der Waals surface area contributed by atoms with E-state index in [9.17, 15) is 22.8 Å². The number of hydrogen-bond donors (Lipinski definition) is 4. The maximum atomic E-state index is 12.6. The quantitative estimate of drug-likeness (QED) is 0.426. The van der Waals surface area contributed by atoms with Crippen molar-refractivity contribution in [3.63, 3.8) is 0 Å². The number of nitrogens with one attached hydrogen (secondary N) is 4. The highest BCUT2D eigenvalue weighted by atomic mass is 19.4. The molecule has 10 nitrogen and oxygen atoms in total. The lowest BCUT2D eigenvalue weighted by Crippen LogP contribution is -2.24. The van der Waals surface area contributed by atoms with Gasteiger partial charge >= 0.3 is 12.2 Å². The number of aromatic nitrogens is 4. The van der Waals surface area contributed by atoms with Crippen LogP contribution in [0.1, 0.15) is 18.4 Å². The summed E-state index contributed by atoms with van der Waals surface area (Å²) in [6.07, 6.45) is 0.371. The number of halogens is 3. The van der Waals surface area contributed by atoms with Crippen molar-refractivity contribution in [2.75, 3.05) is 23.7 Å². The first-order valence-electron chi connectivity index (χ1n) is 8.43. The molecule has 0 atom stereocenters. The summed E-state index contributed by atoms with van der Waals surface area (Å²) in [5.74, 6) is -0.134. The second kappa shape index (κ2) is 6.65. The minimum absolute atomic E-state index is 0.0178. The summed E-state index contributed by atoms with van der Waals surface area (Å²) >= 11 is 0. The fraction of sp³-hybridized carbons (Fsp3) is 0.400. The molecule has 2 aromatic heterocycles. The van der Waals surface area contributed by atoms with Gasteiger partial charge in [-0.15, -0.1) is 0 Å². The first-order chi connectivity index (χ1) is 13.3. The van der Waals surface area contributed by atoms with E-state index in [1.807, 2.05) is 0 Å². The van der Waals surface area contributed by atoms with Gasteiger partial charge in [0.25, 0.3) is 5.91 Å². The molecule has 3 heterocycles. The molecule has 1 aliphatic heterocycles. The number of carbonyl (C=O) groups excluding carboxylic acids is 2. The molecule has 4 rings (SSSR count). The Bertz CT molecular complexity index is 980. The van der Waals surface area contributed by atoms with Gasteiger partial charge in [0.1, 0.15) is 12.2 Å². The van der Waals surface area contributed by atoms with Crippen LogP contribution in [0.3, 0.4) is 0 Å². The zero-order chi connectivity index (χ0) is 19.9. The van der Waals surface area contributed by atoms with Crippen LogP contribution in [0.2, 0.25) is 0 Å². The van der Waals surface area contributed by atoms with E-state index in [1.165, 1.54) is 12.3 Å². The Labute approximate surface area is 155 Å². The Hall–Kier alpha value is -3.38. The topological polar surface area (TPSA) is 125 Å². The number of anilines is 2. The summed E-state index contributed by atoms with van der Waals surface area (Å²) in [4.78, 5) is 31.3. The van der Waals surface area contributed by atoms with Gasteiger partial charge < -0.3 is 16.0 Å². The molecular formula is C15H15F3N8O2. The third-order valence-corrected chi connectivity index (χ3v) is 4.11. The molecule has 0 radical (unpaired) electrons. The zero-order valence-electron chi connectivity index (χ0n) is 14.3. The van der Waals surface area contributed by atoms with Crippen molar-refractivity contribution >= 4 is 35.6 Å². The summed E-state index contributed by atoms with van der Waals surface area (Å²) in [5, 5.41) is 13.6. The molecule has 3 amide bonds. The highest BCUT2D eigenvalue weighted by molar-refractivity contribution is 6.14. The number of fused-ring (bicyclic) bond motifs is 1. The van der Waals surface area contributed by atoms with E-state index in [0.29, 0.717) is 18.0 Å². The van der Waals surface area contributed by atoms with E-state index in [4.69, 9.17) is 0 Å².